The minimum Gasteiger partial charge on any atom is -0.322 e. The number of amides is 2. The number of anilines is 1. The van der Waals surface area contributed by atoms with Crippen LogP contribution in [0.2, 0.25) is 0 Å². The van der Waals surface area contributed by atoms with Gasteiger partial charge >= 0.3 is 6.03 Å². The molecule has 1 aromatic heterocycles. The topological polar surface area (TPSA) is 81.3 Å². The van der Waals surface area contributed by atoms with E-state index >= 15 is 0 Å². The first-order chi connectivity index (χ1) is 14.0. The molecule has 0 aliphatic carbocycles. The number of carbonyl (C=O) groups excluding carboxylic acids is 1. The van der Waals surface area contributed by atoms with Crippen molar-refractivity contribution in [3.63, 3.8) is 0 Å². The van der Waals surface area contributed by atoms with E-state index in [9.17, 15) is 18.4 Å². The molecular weight excluding hydrogens is 380 g/mol. The third-order valence-electron chi connectivity index (χ3n) is 4.81. The number of halogens is 2. The Balaban J connectivity index is 1.36. The summed E-state index contributed by atoms with van der Waals surface area (Å²) in [7, 11) is 0. The maximum atomic E-state index is 13.3. The Labute approximate surface area is 165 Å². The summed E-state index contributed by atoms with van der Waals surface area (Å²) in [6, 6.07) is 9.63. The molecule has 9 heteroatoms. The lowest BCUT2D eigenvalue weighted by molar-refractivity contribution is 0.141. The van der Waals surface area contributed by atoms with Crippen LogP contribution in [0.3, 0.4) is 0 Å². The normalized spacial score (nSPS) is 14.9. The number of benzene rings is 2. The van der Waals surface area contributed by atoms with Crippen molar-refractivity contribution in [1.29, 1.82) is 0 Å². The molecule has 7 nitrogen and oxygen atoms in total. The van der Waals surface area contributed by atoms with E-state index in [0.29, 0.717) is 49.5 Å². The number of piperazine rings is 1. The van der Waals surface area contributed by atoms with Crippen LogP contribution in [0.5, 0.6) is 0 Å². The molecule has 1 fully saturated rings. The molecule has 1 aliphatic heterocycles. The highest BCUT2D eigenvalue weighted by atomic mass is 19.1. The molecule has 0 unspecified atom stereocenters. The van der Waals surface area contributed by atoms with Crippen molar-refractivity contribution in [2.75, 3.05) is 31.5 Å². The van der Waals surface area contributed by atoms with Crippen molar-refractivity contribution in [3.05, 3.63) is 70.3 Å². The second-order valence-corrected chi connectivity index (χ2v) is 6.88. The van der Waals surface area contributed by atoms with Crippen LogP contribution in [0.1, 0.15) is 5.82 Å². The van der Waals surface area contributed by atoms with E-state index in [2.05, 4.69) is 20.2 Å². The third kappa shape index (κ3) is 4.40. The molecule has 2 amide bonds. The molecule has 4 rings (SSSR count). The zero-order valence-electron chi connectivity index (χ0n) is 15.5. The van der Waals surface area contributed by atoms with Crippen molar-refractivity contribution in [3.8, 4) is 0 Å². The van der Waals surface area contributed by atoms with Crippen molar-refractivity contribution in [1.82, 2.24) is 19.8 Å². The van der Waals surface area contributed by atoms with Gasteiger partial charge in [-0.25, -0.2) is 18.6 Å². The summed E-state index contributed by atoms with van der Waals surface area (Å²) in [4.78, 5) is 35.5. The Bertz CT molecular complexity index is 1090. The number of hydrogen-bond acceptors (Lipinski definition) is 4. The van der Waals surface area contributed by atoms with Gasteiger partial charge in [0, 0.05) is 37.9 Å². The minimum atomic E-state index is -0.748. The van der Waals surface area contributed by atoms with Gasteiger partial charge in [-0.1, -0.05) is 12.1 Å². The van der Waals surface area contributed by atoms with E-state index in [-0.39, 0.29) is 11.2 Å². The van der Waals surface area contributed by atoms with Crippen LogP contribution in [0.25, 0.3) is 10.9 Å². The van der Waals surface area contributed by atoms with E-state index in [1.807, 2.05) is 6.07 Å². The maximum Gasteiger partial charge on any atom is 0.321 e. The van der Waals surface area contributed by atoms with Gasteiger partial charge < -0.3 is 15.2 Å². The van der Waals surface area contributed by atoms with Crippen LogP contribution in [0.15, 0.2) is 47.3 Å². The molecule has 29 heavy (non-hydrogen) atoms. The fourth-order valence-electron chi connectivity index (χ4n) is 3.36. The summed E-state index contributed by atoms with van der Waals surface area (Å²) in [6.07, 6.45) is 0. The lowest BCUT2D eigenvalue weighted by atomic mass is 10.2. The van der Waals surface area contributed by atoms with E-state index in [1.165, 1.54) is 0 Å². The Morgan fingerprint density at radius 1 is 1.07 bits per heavy atom. The highest BCUT2D eigenvalue weighted by molar-refractivity contribution is 5.89. The van der Waals surface area contributed by atoms with E-state index in [4.69, 9.17) is 0 Å². The zero-order valence-corrected chi connectivity index (χ0v) is 15.5. The van der Waals surface area contributed by atoms with E-state index in [0.717, 1.165) is 18.2 Å². The highest BCUT2D eigenvalue weighted by Crippen LogP contribution is 2.15. The average Bonchev–Trinajstić information content (AvgIpc) is 2.68. The second kappa shape index (κ2) is 7.96. The molecule has 0 saturated carbocycles. The molecule has 150 valence electrons. The fourth-order valence-corrected chi connectivity index (χ4v) is 3.36. The molecule has 1 aliphatic rings. The van der Waals surface area contributed by atoms with Crippen LogP contribution >= 0.6 is 0 Å². The van der Waals surface area contributed by atoms with E-state index < -0.39 is 17.7 Å². The number of aromatic nitrogens is 2. The number of nitrogens with zero attached hydrogens (tertiary/aromatic N) is 3. The summed E-state index contributed by atoms with van der Waals surface area (Å²) in [6.45, 7) is 2.52. The van der Waals surface area contributed by atoms with Gasteiger partial charge in [-0.15, -0.1) is 0 Å². The molecule has 3 aromatic rings. The second-order valence-electron chi connectivity index (χ2n) is 6.88. The first kappa shape index (κ1) is 19.0. The van der Waals surface area contributed by atoms with Gasteiger partial charge in [0.15, 0.2) is 0 Å². The number of nitrogens with one attached hydrogen (secondary N) is 2. The van der Waals surface area contributed by atoms with Crippen LogP contribution in [0, 0.1) is 11.6 Å². The number of H-pyrrole nitrogens is 1. The Morgan fingerprint density at radius 3 is 2.48 bits per heavy atom. The Morgan fingerprint density at radius 2 is 1.76 bits per heavy atom. The standard InChI is InChI=1S/C20H19F2N5O2/c21-13-9-14(22)11-15(10-13)23-20(29)27-7-5-26(6-8-27)12-18-24-17-4-2-1-3-16(17)19(28)25-18/h1-4,9-11H,5-8,12H2,(H,23,29)(H,24,25,28). The summed E-state index contributed by atoms with van der Waals surface area (Å²) in [5.41, 5.74) is 0.547. The third-order valence-corrected chi connectivity index (χ3v) is 4.81. The Kier molecular flexibility index (Phi) is 5.22. The van der Waals surface area contributed by atoms with Crippen molar-refractivity contribution in [2.24, 2.45) is 0 Å². The number of aromatic amines is 1. The van der Waals surface area contributed by atoms with Gasteiger partial charge in [0.25, 0.3) is 5.56 Å². The van der Waals surface area contributed by atoms with Crippen LogP contribution in [-0.4, -0.2) is 52.0 Å². The van der Waals surface area contributed by atoms with Crippen LogP contribution < -0.4 is 10.9 Å². The molecule has 1 saturated heterocycles. The average molecular weight is 399 g/mol. The molecular formula is C20H19F2N5O2. The first-order valence-electron chi connectivity index (χ1n) is 9.20. The first-order valence-corrected chi connectivity index (χ1v) is 9.20. The van der Waals surface area contributed by atoms with Gasteiger partial charge in [0.2, 0.25) is 0 Å². The van der Waals surface area contributed by atoms with Crippen molar-refractivity contribution in [2.45, 2.75) is 6.54 Å². The molecule has 2 aromatic carbocycles. The predicted molar refractivity (Wildman–Crippen MR) is 105 cm³/mol. The molecule has 2 N–H and O–H groups in total. The summed E-state index contributed by atoms with van der Waals surface area (Å²) in [5.74, 6) is -0.925. The van der Waals surface area contributed by atoms with Gasteiger partial charge in [-0.2, -0.15) is 0 Å². The van der Waals surface area contributed by atoms with Gasteiger partial charge in [0.05, 0.1) is 17.4 Å². The van der Waals surface area contributed by atoms with Crippen LogP contribution in [0.4, 0.5) is 19.3 Å². The summed E-state index contributed by atoms with van der Waals surface area (Å²) < 4.78 is 26.5. The van der Waals surface area contributed by atoms with Gasteiger partial charge in [-0.3, -0.25) is 9.69 Å². The number of hydrogen-bond donors (Lipinski definition) is 2. The molecule has 0 radical (unpaired) electrons. The van der Waals surface area contributed by atoms with Gasteiger partial charge in [-0.05, 0) is 24.3 Å². The van der Waals surface area contributed by atoms with Crippen LogP contribution in [-0.2, 0) is 6.54 Å². The molecule has 0 bridgehead atoms. The number of fused-ring (bicyclic) bond motifs is 1. The highest BCUT2D eigenvalue weighted by Gasteiger charge is 2.22. The van der Waals surface area contributed by atoms with Crippen molar-refractivity contribution >= 4 is 22.6 Å². The number of urea groups is 1. The number of rotatable bonds is 3. The molecule has 0 spiro atoms. The number of para-hydroxylation sites is 1. The quantitative estimate of drug-likeness (QED) is 0.709. The summed E-state index contributed by atoms with van der Waals surface area (Å²) >= 11 is 0. The summed E-state index contributed by atoms with van der Waals surface area (Å²) in [5, 5.41) is 3.06. The maximum absolute atomic E-state index is 13.3. The molecule has 2 heterocycles. The largest absolute Gasteiger partial charge is 0.322 e. The Hall–Kier alpha value is -3.33. The predicted octanol–water partition coefficient (Wildman–Crippen LogP) is 2.55. The zero-order chi connectivity index (χ0) is 20.4. The smallest absolute Gasteiger partial charge is 0.321 e. The fraction of sp³-hybridized carbons (Fsp3) is 0.250. The SMILES string of the molecule is O=C(Nc1cc(F)cc(F)c1)N1CCN(Cc2nc3ccccc3c(=O)[nH]2)CC1. The number of carbonyl (C=O) groups is 1. The lowest BCUT2D eigenvalue weighted by Gasteiger charge is -2.34. The lowest BCUT2D eigenvalue weighted by Crippen LogP contribution is -2.49. The van der Waals surface area contributed by atoms with Gasteiger partial charge in [0.1, 0.15) is 17.5 Å². The van der Waals surface area contributed by atoms with E-state index in [1.54, 1.807) is 23.1 Å². The van der Waals surface area contributed by atoms with Crippen molar-refractivity contribution < 1.29 is 13.6 Å². The molecule has 0 atom stereocenters. The minimum absolute atomic E-state index is 0.0767. The monoisotopic (exact) mass is 399 g/mol.